The molecule has 4 heterocycles. The van der Waals surface area contributed by atoms with Gasteiger partial charge in [0.05, 0.1) is 22.1 Å². The molecule has 4 aliphatic heterocycles. The average Bonchev–Trinajstić information content (AvgIpc) is 4.00. The van der Waals surface area contributed by atoms with Crippen molar-refractivity contribution in [3.63, 3.8) is 0 Å². The van der Waals surface area contributed by atoms with Gasteiger partial charge in [-0.05, 0) is 101 Å². The van der Waals surface area contributed by atoms with Gasteiger partial charge in [0.15, 0.2) is 5.78 Å². The van der Waals surface area contributed by atoms with Crippen LogP contribution in [0.2, 0.25) is 20.1 Å². The number of carbonyl (C=O) groups is 6. The quantitative estimate of drug-likeness (QED) is 0.0572. The SMILES string of the molecule is CC(C)(C)CC1NC(C(=O)NCCC(=O)CO)C(c2cccc(Cl)c2)C12C(=O)Nc1cc(Cl)c(F)cc12.CC(C)(C)CC1NC(C(=O)NCCC(O)C=O)C(c2cccc(Cl)c2)C12C(=O)Nc1cc(Cl)c(F)cc12. The number of fused-ring (bicyclic) bond motifs is 4. The summed E-state index contributed by atoms with van der Waals surface area (Å²) in [6, 6.07) is 16.4. The Kier molecular flexibility index (Phi) is 17.1. The van der Waals surface area contributed by atoms with Gasteiger partial charge in [-0.2, -0.15) is 0 Å². The fraction of sp³-hybridized carbons (Fsp3) is 0.444. The topological polar surface area (TPSA) is 215 Å². The maximum absolute atomic E-state index is 14.9. The number of hydrogen-bond acceptors (Lipinski definition) is 10. The molecule has 20 heteroatoms. The van der Waals surface area contributed by atoms with Gasteiger partial charge in [0.1, 0.15) is 41.5 Å². The third-order valence-electron chi connectivity index (χ3n) is 14.2. The van der Waals surface area contributed by atoms with Crippen molar-refractivity contribution < 1.29 is 47.8 Å². The van der Waals surface area contributed by atoms with Crippen LogP contribution in [-0.2, 0) is 39.6 Å². The number of nitrogens with one attached hydrogen (secondary N) is 6. The highest BCUT2D eigenvalue weighted by molar-refractivity contribution is 6.32. The van der Waals surface area contributed by atoms with Crippen LogP contribution in [0.1, 0.15) is 101 Å². The molecule has 2 spiro atoms. The van der Waals surface area contributed by atoms with E-state index in [1.54, 1.807) is 48.5 Å². The molecule has 4 aliphatic rings. The number of aliphatic hydroxyl groups excluding tert-OH is 2. The minimum atomic E-state index is -1.35. The number of benzene rings is 4. The number of rotatable bonds is 14. The highest BCUT2D eigenvalue weighted by atomic mass is 35.5. The number of halogens is 6. The first-order valence-corrected chi connectivity index (χ1v) is 25.7. The Hall–Kier alpha value is -5.04. The lowest BCUT2D eigenvalue weighted by Crippen LogP contribution is -2.49. The summed E-state index contributed by atoms with van der Waals surface area (Å²) in [5, 5.41) is 37.3. The number of carbonyl (C=O) groups excluding carboxylic acids is 6. The summed E-state index contributed by atoms with van der Waals surface area (Å²) in [4.78, 5) is 77.5. The first kappa shape index (κ1) is 56.7. The molecule has 14 nitrogen and oxygen atoms in total. The van der Waals surface area contributed by atoms with E-state index in [2.05, 4.69) is 31.9 Å². The molecule has 2 saturated heterocycles. The van der Waals surface area contributed by atoms with Crippen LogP contribution in [0, 0.1) is 22.5 Å². The second kappa shape index (κ2) is 22.3. The van der Waals surface area contributed by atoms with E-state index in [0.717, 1.165) is 0 Å². The fourth-order valence-corrected chi connectivity index (χ4v) is 12.0. The van der Waals surface area contributed by atoms with E-state index in [-0.39, 0.29) is 58.6 Å². The van der Waals surface area contributed by atoms with Crippen molar-refractivity contribution in [2.75, 3.05) is 30.3 Å². The number of amides is 4. The lowest BCUT2D eigenvalue weighted by molar-refractivity contribution is -0.125. The van der Waals surface area contributed by atoms with Crippen LogP contribution in [0.15, 0.2) is 72.8 Å². The predicted octanol–water partition coefficient (Wildman–Crippen LogP) is 7.90. The molecule has 396 valence electrons. The number of ketones is 1. The van der Waals surface area contributed by atoms with Crippen LogP contribution in [0.25, 0.3) is 0 Å². The molecule has 8 rings (SSSR count). The molecule has 9 unspecified atom stereocenters. The Morgan fingerprint density at radius 3 is 1.49 bits per heavy atom. The van der Waals surface area contributed by atoms with Gasteiger partial charge >= 0.3 is 0 Å². The van der Waals surface area contributed by atoms with E-state index in [4.69, 9.17) is 51.5 Å². The van der Waals surface area contributed by atoms with Crippen molar-refractivity contribution in [1.82, 2.24) is 21.3 Å². The van der Waals surface area contributed by atoms with Crippen LogP contribution in [0.5, 0.6) is 0 Å². The normalized spacial score (nSPS) is 25.2. The van der Waals surface area contributed by atoms with Gasteiger partial charge in [0.25, 0.3) is 0 Å². The molecule has 74 heavy (non-hydrogen) atoms. The number of hydrogen-bond donors (Lipinski definition) is 8. The fourth-order valence-electron chi connectivity index (χ4n) is 11.3. The smallest absolute Gasteiger partial charge is 0.237 e. The molecule has 0 aromatic heterocycles. The summed E-state index contributed by atoms with van der Waals surface area (Å²) in [5.74, 6) is -4.77. The number of anilines is 2. The van der Waals surface area contributed by atoms with Gasteiger partial charge < -0.3 is 46.9 Å². The highest BCUT2D eigenvalue weighted by Gasteiger charge is 2.67. The molecular formula is C54H60Cl4F2N6O8. The van der Waals surface area contributed by atoms with E-state index >= 15 is 0 Å². The van der Waals surface area contributed by atoms with Crippen LogP contribution < -0.4 is 31.9 Å². The summed E-state index contributed by atoms with van der Waals surface area (Å²) < 4.78 is 29.8. The van der Waals surface area contributed by atoms with Gasteiger partial charge in [0, 0.05) is 64.8 Å². The molecule has 4 aromatic rings. The Morgan fingerprint density at radius 2 is 1.11 bits per heavy atom. The number of aldehydes is 1. The third kappa shape index (κ3) is 11.2. The number of Topliss-reactive ketones (excluding diaryl/α,β-unsaturated/α-hetero) is 1. The van der Waals surface area contributed by atoms with Crippen molar-refractivity contribution in [3.8, 4) is 0 Å². The van der Waals surface area contributed by atoms with Crippen LogP contribution in [0.3, 0.4) is 0 Å². The Bertz CT molecular complexity index is 2860. The lowest BCUT2D eigenvalue weighted by atomic mass is 9.62. The Labute approximate surface area is 448 Å². The lowest BCUT2D eigenvalue weighted by Gasteiger charge is -2.37. The minimum absolute atomic E-state index is 0.0274. The molecule has 0 aliphatic carbocycles. The van der Waals surface area contributed by atoms with Crippen molar-refractivity contribution in [2.24, 2.45) is 10.8 Å². The Balaban J connectivity index is 0.000000216. The maximum atomic E-state index is 14.9. The van der Waals surface area contributed by atoms with Crippen molar-refractivity contribution in [2.45, 2.75) is 120 Å². The summed E-state index contributed by atoms with van der Waals surface area (Å²) in [6.07, 6.45) is 0.222. The molecule has 0 bridgehead atoms. The maximum Gasteiger partial charge on any atom is 0.237 e. The van der Waals surface area contributed by atoms with Gasteiger partial charge in [0.2, 0.25) is 23.6 Å². The largest absolute Gasteiger partial charge is 0.389 e. The Morgan fingerprint density at radius 1 is 0.689 bits per heavy atom. The van der Waals surface area contributed by atoms with Gasteiger partial charge in [-0.3, -0.25) is 24.0 Å². The van der Waals surface area contributed by atoms with E-state index in [1.807, 2.05) is 41.5 Å². The first-order chi connectivity index (χ1) is 34.8. The second-order valence-electron chi connectivity index (χ2n) is 21.8. The second-order valence-corrected chi connectivity index (χ2v) is 23.5. The van der Waals surface area contributed by atoms with Crippen molar-refractivity contribution >= 4 is 93.5 Å². The minimum Gasteiger partial charge on any atom is -0.389 e. The molecule has 0 saturated carbocycles. The van der Waals surface area contributed by atoms with E-state index in [1.165, 1.54) is 24.3 Å². The monoisotopic (exact) mass is 1100 g/mol. The summed E-state index contributed by atoms with van der Waals surface area (Å²) in [7, 11) is 0. The molecule has 8 N–H and O–H groups in total. The zero-order valence-electron chi connectivity index (χ0n) is 41.6. The van der Waals surface area contributed by atoms with E-state index in [9.17, 15) is 42.7 Å². The standard InChI is InChI=1S/2C27H30Cl2FN3O4/c2*1-26(2,3)12-21-27(17-10-19(30)18(29)11-20(17)32-25(27)37)22(14-5-4-6-15(28)9-14)23(33-21)24(36)31-8-7-16(35)13-34/h4-6,9-11,21-23,33-34H,7-8,12-13H2,1-3H3,(H,31,36)(H,32,37);4-6,9-11,13,16,21-23,33,35H,7-8,12H2,1-3H3,(H,31,36)(H,32,37). The predicted molar refractivity (Wildman–Crippen MR) is 281 cm³/mol. The van der Waals surface area contributed by atoms with Gasteiger partial charge in [-0.15, -0.1) is 0 Å². The zero-order valence-corrected chi connectivity index (χ0v) is 44.6. The molecule has 0 radical (unpaired) electrons. The molecule has 4 aromatic carbocycles. The highest BCUT2D eigenvalue weighted by Crippen LogP contribution is 2.59. The molecule has 9 atom stereocenters. The van der Waals surface area contributed by atoms with E-state index < -0.39 is 88.8 Å². The van der Waals surface area contributed by atoms with Crippen LogP contribution >= 0.6 is 46.4 Å². The first-order valence-electron chi connectivity index (χ1n) is 24.2. The van der Waals surface area contributed by atoms with Crippen LogP contribution in [-0.4, -0.2) is 95.9 Å². The van der Waals surface area contributed by atoms with E-state index in [0.29, 0.717) is 62.8 Å². The third-order valence-corrected chi connectivity index (χ3v) is 15.2. The summed E-state index contributed by atoms with van der Waals surface area (Å²) in [6.45, 7) is 11.7. The van der Waals surface area contributed by atoms with Crippen LogP contribution in [0.4, 0.5) is 20.2 Å². The number of aliphatic hydroxyl groups is 2. The molecular weight excluding hydrogens is 1040 g/mol. The molecule has 4 amide bonds. The molecule has 2 fully saturated rings. The summed E-state index contributed by atoms with van der Waals surface area (Å²) >= 11 is 24.8. The van der Waals surface area contributed by atoms with Gasteiger partial charge in [-0.1, -0.05) is 112 Å². The van der Waals surface area contributed by atoms with Crippen molar-refractivity contribution in [3.05, 3.63) is 127 Å². The zero-order chi connectivity index (χ0) is 54.2. The summed E-state index contributed by atoms with van der Waals surface area (Å²) in [5.41, 5.74) is -0.255. The van der Waals surface area contributed by atoms with Gasteiger partial charge in [-0.25, -0.2) is 8.78 Å². The van der Waals surface area contributed by atoms with Crippen molar-refractivity contribution in [1.29, 1.82) is 0 Å². The average molecular weight is 1100 g/mol.